The first kappa shape index (κ1) is 15.2. The summed E-state index contributed by atoms with van der Waals surface area (Å²) in [5, 5.41) is 9.49. The molecule has 0 saturated carbocycles. The van der Waals surface area contributed by atoms with Crippen molar-refractivity contribution < 1.29 is 9.90 Å². The van der Waals surface area contributed by atoms with Gasteiger partial charge in [0.15, 0.2) is 5.78 Å². The summed E-state index contributed by atoms with van der Waals surface area (Å²) in [6.45, 7) is 8.71. The van der Waals surface area contributed by atoms with E-state index in [1.165, 1.54) is 5.56 Å². The summed E-state index contributed by atoms with van der Waals surface area (Å²) in [7, 11) is 0. The number of carbonyl (C=O) groups excluding carboxylic acids is 1. The molecule has 1 fully saturated rings. The van der Waals surface area contributed by atoms with Gasteiger partial charge in [0.05, 0.1) is 6.10 Å². The number of hydrogen-bond donors (Lipinski definition) is 1. The minimum atomic E-state index is -0.150. The quantitative estimate of drug-likeness (QED) is 0.859. The Morgan fingerprint density at radius 2 is 1.75 bits per heavy atom. The molecule has 0 radical (unpaired) electrons. The van der Waals surface area contributed by atoms with Gasteiger partial charge < -0.3 is 10.0 Å². The highest BCUT2D eigenvalue weighted by molar-refractivity contribution is 5.99. The van der Waals surface area contributed by atoms with Gasteiger partial charge in [-0.05, 0) is 44.7 Å². The van der Waals surface area contributed by atoms with Crippen molar-refractivity contribution in [1.82, 2.24) is 4.90 Å². The number of rotatable bonds is 4. The van der Waals surface area contributed by atoms with E-state index in [1.54, 1.807) is 0 Å². The summed E-state index contributed by atoms with van der Waals surface area (Å²) in [5.74, 6) is 0.242. The van der Waals surface area contributed by atoms with Crippen molar-refractivity contribution in [1.29, 1.82) is 0 Å². The van der Waals surface area contributed by atoms with Crippen molar-refractivity contribution in [2.45, 2.75) is 46.1 Å². The highest BCUT2D eigenvalue weighted by atomic mass is 16.3. The zero-order chi connectivity index (χ0) is 14.7. The fourth-order valence-electron chi connectivity index (χ4n) is 3.15. The van der Waals surface area contributed by atoms with Crippen molar-refractivity contribution in [3.63, 3.8) is 0 Å². The SMILES string of the molecule is Cc1cc(C)c(C(=O)CCN2CCC(O)CC2)c(C)c1. The molecule has 2 rings (SSSR count). The number of hydrogen-bond acceptors (Lipinski definition) is 3. The standard InChI is InChI=1S/C17H25NO2/c1-12-10-13(2)17(14(3)11-12)16(20)6-9-18-7-4-15(19)5-8-18/h10-11,15,19H,4-9H2,1-3H3. The molecule has 1 aliphatic rings. The van der Waals surface area contributed by atoms with Crippen LogP contribution in [-0.4, -0.2) is 41.5 Å². The number of nitrogens with zero attached hydrogens (tertiary/aromatic N) is 1. The normalized spacial score (nSPS) is 17.4. The van der Waals surface area contributed by atoms with Crippen molar-refractivity contribution >= 4 is 5.78 Å². The van der Waals surface area contributed by atoms with E-state index in [-0.39, 0.29) is 11.9 Å². The molecule has 0 amide bonds. The number of likely N-dealkylation sites (tertiary alicyclic amines) is 1. The molecular weight excluding hydrogens is 250 g/mol. The molecular formula is C17H25NO2. The van der Waals surface area contributed by atoms with Gasteiger partial charge >= 0.3 is 0 Å². The molecule has 0 atom stereocenters. The molecule has 110 valence electrons. The smallest absolute Gasteiger partial charge is 0.164 e. The fourth-order valence-corrected chi connectivity index (χ4v) is 3.15. The molecule has 0 aliphatic carbocycles. The first-order chi connectivity index (χ1) is 9.47. The second kappa shape index (κ2) is 6.51. The van der Waals surface area contributed by atoms with Crippen LogP contribution in [0, 0.1) is 20.8 Å². The third-order valence-electron chi connectivity index (χ3n) is 4.17. The molecule has 1 aliphatic heterocycles. The van der Waals surface area contributed by atoms with E-state index in [9.17, 15) is 9.90 Å². The largest absolute Gasteiger partial charge is 0.393 e. The van der Waals surface area contributed by atoms with Crippen molar-refractivity contribution in [2.24, 2.45) is 0 Å². The fraction of sp³-hybridized carbons (Fsp3) is 0.588. The van der Waals surface area contributed by atoms with Gasteiger partial charge in [-0.25, -0.2) is 0 Å². The predicted molar refractivity (Wildman–Crippen MR) is 81.3 cm³/mol. The molecule has 1 aromatic rings. The lowest BCUT2D eigenvalue weighted by molar-refractivity contribution is 0.0778. The lowest BCUT2D eigenvalue weighted by Crippen LogP contribution is -2.37. The first-order valence-corrected chi connectivity index (χ1v) is 7.49. The summed E-state index contributed by atoms with van der Waals surface area (Å²) in [5.41, 5.74) is 4.28. The van der Waals surface area contributed by atoms with Crippen LogP contribution in [0.5, 0.6) is 0 Å². The van der Waals surface area contributed by atoms with Gasteiger partial charge in [0, 0.05) is 31.6 Å². The third kappa shape index (κ3) is 3.68. The maximum Gasteiger partial charge on any atom is 0.164 e. The average Bonchev–Trinajstić information content (AvgIpc) is 2.37. The van der Waals surface area contributed by atoms with E-state index in [0.29, 0.717) is 6.42 Å². The van der Waals surface area contributed by atoms with E-state index < -0.39 is 0 Å². The Kier molecular flexibility index (Phi) is 4.95. The molecule has 0 unspecified atom stereocenters. The lowest BCUT2D eigenvalue weighted by atomic mass is 9.95. The van der Waals surface area contributed by atoms with Crippen LogP contribution in [0.25, 0.3) is 0 Å². The van der Waals surface area contributed by atoms with Gasteiger partial charge in [-0.15, -0.1) is 0 Å². The number of carbonyl (C=O) groups is 1. The Hall–Kier alpha value is -1.19. The van der Waals surface area contributed by atoms with E-state index >= 15 is 0 Å². The number of benzene rings is 1. The molecule has 0 spiro atoms. The second-order valence-corrected chi connectivity index (χ2v) is 6.02. The molecule has 1 heterocycles. The second-order valence-electron chi connectivity index (χ2n) is 6.02. The zero-order valence-corrected chi connectivity index (χ0v) is 12.8. The number of Topliss-reactive ketones (excluding diaryl/α,β-unsaturated/α-hetero) is 1. The summed E-state index contributed by atoms with van der Waals surface area (Å²) in [6, 6.07) is 4.16. The van der Waals surface area contributed by atoms with Crippen LogP contribution < -0.4 is 0 Å². The van der Waals surface area contributed by atoms with Crippen LogP contribution in [0.3, 0.4) is 0 Å². The summed E-state index contributed by atoms with van der Waals surface area (Å²) >= 11 is 0. The van der Waals surface area contributed by atoms with E-state index in [4.69, 9.17) is 0 Å². The molecule has 3 heteroatoms. The molecule has 1 aromatic carbocycles. The van der Waals surface area contributed by atoms with Crippen LogP contribution in [0.2, 0.25) is 0 Å². The minimum absolute atomic E-state index is 0.150. The van der Waals surface area contributed by atoms with Gasteiger partial charge in [0.25, 0.3) is 0 Å². The summed E-state index contributed by atoms with van der Waals surface area (Å²) < 4.78 is 0. The Balaban J connectivity index is 1.95. The van der Waals surface area contributed by atoms with Crippen LogP contribution in [0.4, 0.5) is 0 Å². The zero-order valence-electron chi connectivity index (χ0n) is 12.8. The average molecular weight is 275 g/mol. The maximum atomic E-state index is 12.4. The number of piperidine rings is 1. The van der Waals surface area contributed by atoms with Gasteiger partial charge in [0.1, 0.15) is 0 Å². The third-order valence-corrected chi connectivity index (χ3v) is 4.17. The molecule has 20 heavy (non-hydrogen) atoms. The molecule has 1 saturated heterocycles. The van der Waals surface area contributed by atoms with Crippen molar-refractivity contribution in [2.75, 3.05) is 19.6 Å². The Bertz CT molecular complexity index is 465. The highest BCUT2D eigenvalue weighted by Gasteiger charge is 2.19. The monoisotopic (exact) mass is 275 g/mol. The van der Waals surface area contributed by atoms with E-state index in [0.717, 1.165) is 49.2 Å². The highest BCUT2D eigenvalue weighted by Crippen LogP contribution is 2.19. The summed E-state index contributed by atoms with van der Waals surface area (Å²) in [6.07, 6.45) is 2.08. The maximum absolute atomic E-state index is 12.4. The Labute approximate surface area is 121 Å². The Morgan fingerprint density at radius 3 is 2.30 bits per heavy atom. The van der Waals surface area contributed by atoms with Crippen LogP contribution in [0.15, 0.2) is 12.1 Å². The molecule has 1 N–H and O–H groups in total. The lowest BCUT2D eigenvalue weighted by Gasteiger charge is -2.29. The van der Waals surface area contributed by atoms with Crippen molar-refractivity contribution in [3.8, 4) is 0 Å². The van der Waals surface area contributed by atoms with E-state index in [2.05, 4.69) is 24.0 Å². The van der Waals surface area contributed by atoms with Gasteiger partial charge in [0.2, 0.25) is 0 Å². The molecule has 3 nitrogen and oxygen atoms in total. The topological polar surface area (TPSA) is 40.5 Å². The molecule has 0 aromatic heterocycles. The van der Waals surface area contributed by atoms with Crippen molar-refractivity contribution in [3.05, 3.63) is 34.4 Å². The Morgan fingerprint density at radius 1 is 1.20 bits per heavy atom. The first-order valence-electron chi connectivity index (χ1n) is 7.49. The van der Waals surface area contributed by atoms with Gasteiger partial charge in [-0.1, -0.05) is 17.7 Å². The number of aliphatic hydroxyl groups is 1. The summed E-state index contributed by atoms with van der Waals surface area (Å²) in [4.78, 5) is 14.7. The van der Waals surface area contributed by atoms with Gasteiger partial charge in [-0.3, -0.25) is 4.79 Å². The number of aryl methyl sites for hydroxylation is 3. The van der Waals surface area contributed by atoms with Crippen LogP contribution in [0.1, 0.15) is 46.3 Å². The predicted octanol–water partition coefficient (Wildman–Crippen LogP) is 2.64. The van der Waals surface area contributed by atoms with Gasteiger partial charge in [-0.2, -0.15) is 0 Å². The molecule has 0 bridgehead atoms. The minimum Gasteiger partial charge on any atom is -0.393 e. The van der Waals surface area contributed by atoms with Crippen LogP contribution in [-0.2, 0) is 0 Å². The van der Waals surface area contributed by atoms with Crippen LogP contribution >= 0.6 is 0 Å². The number of ketones is 1. The van der Waals surface area contributed by atoms with E-state index in [1.807, 2.05) is 13.8 Å². The number of aliphatic hydroxyl groups excluding tert-OH is 1.